The lowest BCUT2D eigenvalue weighted by Crippen LogP contribution is -2.24. The van der Waals surface area contributed by atoms with Gasteiger partial charge in [-0.3, -0.25) is 19.7 Å². The number of benzene rings is 1. The maximum absolute atomic E-state index is 11.9. The molecule has 0 bridgehead atoms. The molecule has 1 aromatic carbocycles. The number of nitro benzene ring substituents is 1. The average Bonchev–Trinajstić information content (AvgIpc) is 2.46. The second-order valence-electron chi connectivity index (χ2n) is 4.02. The fourth-order valence-corrected chi connectivity index (χ4v) is 1.66. The van der Waals surface area contributed by atoms with Gasteiger partial charge in [0.1, 0.15) is 5.56 Å². The third-order valence-electron chi connectivity index (χ3n) is 2.65. The first kappa shape index (κ1) is 13.5. The summed E-state index contributed by atoms with van der Waals surface area (Å²) in [6.45, 7) is 0.168. The summed E-state index contributed by atoms with van der Waals surface area (Å²) in [4.78, 5) is 35.5. The van der Waals surface area contributed by atoms with Gasteiger partial charge in [-0.05, 0) is 11.6 Å². The van der Waals surface area contributed by atoms with Crippen molar-refractivity contribution in [2.45, 2.75) is 6.54 Å². The van der Waals surface area contributed by atoms with Gasteiger partial charge in [-0.2, -0.15) is 0 Å². The Balaban J connectivity index is 2.11. The van der Waals surface area contributed by atoms with Gasteiger partial charge in [0.05, 0.1) is 4.92 Å². The Kier molecular flexibility index (Phi) is 3.90. The van der Waals surface area contributed by atoms with Gasteiger partial charge in [0, 0.05) is 24.9 Å². The number of para-hydroxylation sites is 1. The van der Waals surface area contributed by atoms with Gasteiger partial charge in [-0.1, -0.05) is 18.2 Å². The molecule has 0 fully saturated rings. The van der Waals surface area contributed by atoms with Crippen LogP contribution in [-0.2, 0) is 6.54 Å². The van der Waals surface area contributed by atoms with Crippen molar-refractivity contribution in [3.63, 3.8) is 0 Å². The summed E-state index contributed by atoms with van der Waals surface area (Å²) in [5.74, 6) is -0.538. The molecular weight excluding hydrogens is 262 g/mol. The maximum Gasteiger partial charge on any atom is 0.282 e. The lowest BCUT2D eigenvalue weighted by atomic mass is 10.1. The highest BCUT2D eigenvalue weighted by atomic mass is 16.6. The summed E-state index contributed by atoms with van der Waals surface area (Å²) >= 11 is 0. The van der Waals surface area contributed by atoms with Crippen LogP contribution >= 0.6 is 0 Å². The van der Waals surface area contributed by atoms with Crippen molar-refractivity contribution in [2.75, 3.05) is 0 Å². The molecular formula is C13H11N3O4. The molecule has 0 atom stereocenters. The number of aromatic nitrogens is 1. The molecule has 0 spiro atoms. The zero-order chi connectivity index (χ0) is 14.5. The molecule has 2 rings (SSSR count). The number of aromatic amines is 1. The number of pyridine rings is 1. The number of hydrogen-bond donors (Lipinski definition) is 2. The first-order valence-corrected chi connectivity index (χ1v) is 5.77. The molecule has 0 aliphatic heterocycles. The highest BCUT2D eigenvalue weighted by Crippen LogP contribution is 2.17. The minimum atomic E-state index is -0.602. The smallest absolute Gasteiger partial charge is 0.282 e. The second kappa shape index (κ2) is 5.79. The van der Waals surface area contributed by atoms with E-state index in [0.717, 1.165) is 0 Å². The van der Waals surface area contributed by atoms with Crippen molar-refractivity contribution in [1.82, 2.24) is 10.3 Å². The van der Waals surface area contributed by atoms with E-state index in [9.17, 15) is 19.7 Å². The molecule has 0 radical (unpaired) electrons. The number of nitro groups is 1. The van der Waals surface area contributed by atoms with Gasteiger partial charge >= 0.3 is 0 Å². The monoisotopic (exact) mass is 273 g/mol. The van der Waals surface area contributed by atoms with Crippen LogP contribution in [0.1, 0.15) is 15.9 Å². The van der Waals surface area contributed by atoms with Crippen molar-refractivity contribution in [3.05, 3.63) is 74.2 Å². The first-order valence-electron chi connectivity index (χ1n) is 5.77. The molecule has 102 valence electrons. The van der Waals surface area contributed by atoms with Crippen LogP contribution in [0.5, 0.6) is 0 Å². The van der Waals surface area contributed by atoms with Crippen molar-refractivity contribution < 1.29 is 9.72 Å². The van der Waals surface area contributed by atoms with Crippen LogP contribution in [0.25, 0.3) is 0 Å². The van der Waals surface area contributed by atoms with E-state index < -0.39 is 10.8 Å². The van der Waals surface area contributed by atoms with Crippen LogP contribution < -0.4 is 10.9 Å². The zero-order valence-corrected chi connectivity index (χ0v) is 10.3. The summed E-state index contributed by atoms with van der Waals surface area (Å²) in [5, 5.41) is 13.4. The van der Waals surface area contributed by atoms with E-state index in [1.54, 1.807) is 12.1 Å². The lowest BCUT2D eigenvalue weighted by molar-refractivity contribution is -0.385. The van der Waals surface area contributed by atoms with Gasteiger partial charge < -0.3 is 10.3 Å². The molecule has 1 amide bonds. The van der Waals surface area contributed by atoms with Crippen LogP contribution in [0.4, 0.5) is 5.69 Å². The number of nitrogens with zero attached hydrogens (tertiary/aromatic N) is 1. The van der Waals surface area contributed by atoms with Crippen molar-refractivity contribution in [3.8, 4) is 0 Å². The first-order chi connectivity index (χ1) is 9.58. The molecule has 0 saturated carbocycles. The molecule has 0 aliphatic rings. The maximum atomic E-state index is 11.9. The highest BCUT2D eigenvalue weighted by Gasteiger charge is 2.18. The molecule has 7 heteroatoms. The van der Waals surface area contributed by atoms with Gasteiger partial charge in [0.25, 0.3) is 11.6 Å². The van der Waals surface area contributed by atoms with E-state index in [1.807, 2.05) is 0 Å². The van der Waals surface area contributed by atoms with Gasteiger partial charge in [-0.25, -0.2) is 0 Å². The van der Waals surface area contributed by atoms with E-state index in [1.165, 1.54) is 30.5 Å². The number of amides is 1. The third-order valence-corrected chi connectivity index (χ3v) is 2.65. The Morgan fingerprint density at radius 2 is 2.00 bits per heavy atom. The van der Waals surface area contributed by atoms with Crippen molar-refractivity contribution >= 4 is 11.6 Å². The zero-order valence-electron chi connectivity index (χ0n) is 10.3. The van der Waals surface area contributed by atoms with Crippen molar-refractivity contribution in [2.24, 2.45) is 0 Å². The van der Waals surface area contributed by atoms with Crippen LogP contribution in [0.3, 0.4) is 0 Å². The molecule has 1 heterocycles. The van der Waals surface area contributed by atoms with Crippen LogP contribution in [0.2, 0.25) is 0 Å². The number of carbonyl (C=O) groups excluding carboxylic acids is 1. The van der Waals surface area contributed by atoms with Gasteiger partial charge in [-0.15, -0.1) is 0 Å². The van der Waals surface area contributed by atoms with Crippen LogP contribution in [-0.4, -0.2) is 15.8 Å². The molecule has 1 aromatic heterocycles. The Morgan fingerprint density at radius 3 is 2.65 bits per heavy atom. The normalized spacial score (nSPS) is 10.0. The summed E-state index contributed by atoms with van der Waals surface area (Å²) < 4.78 is 0. The topological polar surface area (TPSA) is 105 Å². The number of hydrogen-bond acceptors (Lipinski definition) is 4. The van der Waals surface area contributed by atoms with Crippen LogP contribution in [0.15, 0.2) is 47.4 Å². The summed E-state index contributed by atoms with van der Waals surface area (Å²) in [6, 6.07) is 8.62. The quantitative estimate of drug-likeness (QED) is 0.645. The number of nitrogens with one attached hydrogen (secondary N) is 2. The summed E-state index contributed by atoms with van der Waals surface area (Å²) in [7, 11) is 0. The highest BCUT2D eigenvalue weighted by molar-refractivity contribution is 5.98. The largest absolute Gasteiger partial charge is 0.348 e. The van der Waals surface area contributed by atoms with E-state index in [4.69, 9.17) is 0 Å². The molecule has 2 N–H and O–H groups in total. The standard InChI is InChI=1S/C13H11N3O4/c17-12-6-5-9(7-14-12)8-15-13(18)10-3-1-2-4-11(10)16(19)20/h1-7H,8H2,(H,14,17)(H,15,18). The predicted molar refractivity (Wildman–Crippen MR) is 71.3 cm³/mol. The van der Waals surface area contributed by atoms with E-state index in [2.05, 4.69) is 10.3 Å². The molecule has 2 aromatic rings. The Bertz CT molecular complexity index is 688. The number of H-pyrrole nitrogens is 1. The molecule has 0 unspecified atom stereocenters. The second-order valence-corrected chi connectivity index (χ2v) is 4.02. The fourth-order valence-electron chi connectivity index (χ4n) is 1.66. The lowest BCUT2D eigenvalue weighted by Gasteiger charge is -2.05. The Hall–Kier alpha value is -2.96. The van der Waals surface area contributed by atoms with E-state index >= 15 is 0 Å². The van der Waals surface area contributed by atoms with Gasteiger partial charge in [0.2, 0.25) is 5.56 Å². The fraction of sp³-hybridized carbons (Fsp3) is 0.0769. The molecule has 0 aliphatic carbocycles. The molecule has 0 saturated heterocycles. The van der Waals surface area contributed by atoms with Gasteiger partial charge in [0.15, 0.2) is 0 Å². The Morgan fingerprint density at radius 1 is 1.25 bits per heavy atom. The summed E-state index contributed by atoms with van der Waals surface area (Å²) in [6.07, 6.45) is 1.47. The Labute approximate surface area is 113 Å². The average molecular weight is 273 g/mol. The molecule has 7 nitrogen and oxygen atoms in total. The number of rotatable bonds is 4. The van der Waals surface area contributed by atoms with Crippen LogP contribution in [0, 0.1) is 10.1 Å². The van der Waals surface area contributed by atoms with Crippen molar-refractivity contribution in [1.29, 1.82) is 0 Å². The van der Waals surface area contributed by atoms with E-state index in [0.29, 0.717) is 5.56 Å². The van der Waals surface area contributed by atoms with E-state index in [-0.39, 0.29) is 23.4 Å². The predicted octanol–water partition coefficient (Wildman–Crippen LogP) is 1.21. The minimum absolute atomic E-state index is 0.00178. The minimum Gasteiger partial charge on any atom is -0.348 e. The third kappa shape index (κ3) is 3.08. The number of carbonyl (C=O) groups is 1. The molecule has 20 heavy (non-hydrogen) atoms. The SMILES string of the molecule is O=C(NCc1ccc(=O)[nH]c1)c1ccccc1[N+](=O)[O-]. The summed E-state index contributed by atoms with van der Waals surface area (Å²) in [5.41, 5.74) is 0.212.